The molecular weight excluding hydrogens is 332 g/mol. The largest absolute Gasteiger partial charge is 0.326 e. The van der Waals surface area contributed by atoms with E-state index in [1.807, 2.05) is 37.3 Å². The number of nitrogens with two attached hydrogens (primary N) is 1. The highest BCUT2D eigenvalue weighted by molar-refractivity contribution is 5.99. The van der Waals surface area contributed by atoms with Gasteiger partial charge in [-0.3, -0.25) is 4.79 Å². The molecule has 0 aliphatic rings. The Morgan fingerprint density at radius 1 is 1.07 bits per heavy atom. The minimum atomic E-state index is -0.239. The minimum absolute atomic E-state index is 0.0123. The molecule has 0 saturated heterocycles. The van der Waals surface area contributed by atoms with Crippen LogP contribution in [0.4, 0.5) is 5.69 Å². The number of amides is 1. The Balaban J connectivity index is 1.88. The molecule has 0 aliphatic heterocycles. The molecule has 0 aliphatic carbocycles. The Bertz CT molecular complexity index is 927. The van der Waals surface area contributed by atoms with Gasteiger partial charge in [0.1, 0.15) is 0 Å². The third-order valence-electron chi connectivity index (χ3n) is 5.15. The molecule has 3 heteroatoms. The number of benzene rings is 3. The second-order valence-electron chi connectivity index (χ2n) is 7.08. The number of rotatable bonds is 7. The molecule has 3 aromatic rings. The Morgan fingerprint density at radius 3 is 2.63 bits per heavy atom. The van der Waals surface area contributed by atoms with Crippen LogP contribution in [0.3, 0.4) is 0 Å². The van der Waals surface area contributed by atoms with Crippen molar-refractivity contribution >= 4 is 22.4 Å². The van der Waals surface area contributed by atoms with Gasteiger partial charge in [0.15, 0.2) is 0 Å². The van der Waals surface area contributed by atoms with E-state index in [2.05, 4.69) is 42.6 Å². The first kappa shape index (κ1) is 19.1. The molecule has 3 aromatic carbocycles. The zero-order valence-corrected chi connectivity index (χ0v) is 16.2. The summed E-state index contributed by atoms with van der Waals surface area (Å²) < 4.78 is 0. The van der Waals surface area contributed by atoms with Gasteiger partial charge in [0.25, 0.3) is 0 Å². The summed E-state index contributed by atoms with van der Waals surface area (Å²) in [6, 6.07) is 20.5. The van der Waals surface area contributed by atoms with Crippen molar-refractivity contribution in [1.82, 2.24) is 0 Å². The molecule has 1 unspecified atom stereocenters. The molecule has 1 amide bonds. The molecule has 0 heterocycles. The maximum absolute atomic E-state index is 13.0. The van der Waals surface area contributed by atoms with Crippen molar-refractivity contribution in [3.05, 3.63) is 77.4 Å². The van der Waals surface area contributed by atoms with Crippen LogP contribution in [0.2, 0.25) is 0 Å². The molecule has 3 nitrogen and oxygen atoms in total. The highest BCUT2D eigenvalue weighted by Crippen LogP contribution is 2.28. The van der Waals surface area contributed by atoms with Crippen molar-refractivity contribution in [1.29, 1.82) is 0 Å². The van der Waals surface area contributed by atoms with Gasteiger partial charge in [-0.2, -0.15) is 0 Å². The van der Waals surface area contributed by atoms with E-state index >= 15 is 0 Å². The summed E-state index contributed by atoms with van der Waals surface area (Å²) in [4.78, 5) is 13.0. The predicted molar refractivity (Wildman–Crippen MR) is 114 cm³/mol. The first-order chi connectivity index (χ1) is 13.1. The van der Waals surface area contributed by atoms with Crippen LogP contribution in [0.1, 0.15) is 49.3 Å². The molecule has 0 bridgehead atoms. The van der Waals surface area contributed by atoms with Crippen LogP contribution in [0.5, 0.6) is 0 Å². The lowest BCUT2D eigenvalue weighted by Crippen LogP contribution is -2.20. The Morgan fingerprint density at radius 2 is 1.85 bits per heavy atom. The lowest BCUT2D eigenvalue weighted by Gasteiger charge is -2.17. The summed E-state index contributed by atoms with van der Waals surface area (Å²) in [6.07, 6.45) is 3.18. The molecule has 0 radical (unpaired) electrons. The van der Waals surface area contributed by atoms with Crippen molar-refractivity contribution < 1.29 is 4.79 Å². The number of carbonyl (C=O) groups excluding carboxylic acids is 1. The van der Waals surface area contributed by atoms with Crippen LogP contribution in [-0.4, -0.2) is 5.91 Å². The first-order valence-electron chi connectivity index (χ1n) is 9.74. The van der Waals surface area contributed by atoms with E-state index in [4.69, 9.17) is 5.73 Å². The molecule has 0 spiro atoms. The fraction of sp³-hybridized carbons (Fsp3) is 0.292. The van der Waals surface area contributed by atoms with E-state index in [9.17, 15) is 4.79 Å². The zero-order valence-electron chi connectivity index (χ0n) is 16.2. The minimum Gasteiger partial charge on any atom is -0.326 e. The predicted octanol–water partition coefficient (Wildman–Crippen LogP) is 5.38. The number of aryl methyl sites for hydroxylation is 1. The summed E-state index contributed by atoms with van der Waals surface area (Å²) in [7, 11) is 0. The summed E-state index contributed by atoms with van der Waals surface area (Å²) >= 11 is 0. The molecule has 27 heavy (non-hydrogen) atoms. The summed E-state index contributed by atoms with van der Waals surface area (Å²) in [5.41, 5.74) is 9.95. The van der Waals surface area contributed by atoms with Crippen molar-refractivity contribution in [2.45, 2.75) is 45.6 Å². The van der Waals surface area contributed by atoms with Crippen LogP contribution in [0.25, 0.3) is 10.8 Å². The number of carbonyl (C=O) groups is 1. The number of unbranched alkanes of at least 4 members (excludes halogenated alkanes) is 1. The van der Waals surface area contributed by atoms with E-state index in [0.717, 1.165) is 46.8 Å². The van der Waals surface area contributed by atoms with Crippen molar-refractivity contribution in [2.24, 2.45) is 5.73 Å². The normalized spacial score (nSPS) is 12.1. The third kappa shape index (κ3) is 4.37. The Kier molecular flexibility index (Phi) is 6.25. The van der Waals surface area contributed by atoms with Crippen LogP contribution >= 0.6 is 0 Å². The fourth-order valence-electron chi connectivity index (χ4n) is 3.46. The smallest absolute Gasteiger partial charge is 0.231 e. The van der Waals surface area contributed by atoms with Crippen LogP contribution < -0.4 is 11.1 Å². The second kappa shape index (κ2) is 8.83. The Hall–Kier alpha value is -2.65. The molecule has 0 saturated carbocycles. The topological polar surface area (TPSA) is 55.1 Å². The van der Waals surface area contributed by atoms with Crippen molar-refractivity contribution in [2.75, 3.05) is 5.32 Å². The quantitative estimate of drug-likeness (QED) is 0.594. The van der Waals surface area contributed by atoms with E-state index in [1.54, 1.807) is 0 Å². The highest BCUT2D eigenvalue weighted by Gasteiger charge is 2.18. The summed E-state index contributed by atoms with van der Waals surface area (Å²) in [5, 5.41) is 5.45. The van der Waals surface area contributed by atoms with Gasteiger partial charge in [0.05, 0.1) is 5.92 Å². The van der Waals surface area contributed by atoms with E-state index in [-0.39, 0.29) is 11.8 Å². The van der Waals surface area contributed by atoms with Gasteiger partial charge in [-0.05, 0) is 53.3 Å². The average molecular weight is 361 g/mol. The van der Waals surface area contributed by atoms with Gasteiger partial charge in [-0.15, -0.1) is 0 Å². The number of hydrogen-bond donors (Lipinski definition) is 2. The zero-order chi connectivity index (χ0) is 19.2. The lowest BCUT2D eigenvalue weighted by atomic mass is 9.94. The van der Waals surface area contributed by atoms with Gasteiger partial charge in [-0.1, -0.05) is 67.9 Å². The van der Waals surface area contributed by atoms with Gasteiger partial charge < -0.3 is 11.1 Å². The molecular formula is C24H28N2O. The molecule has 3 N–H and O–H groups in total. The van der Waals surface area contributed by atoms with E-state index in [0.29, 0.717) is 6.54 Å². The summed E-state index contributed by atoms with van der Waals surface area (Å²) in [5.74, 6) is -0.227. The second-order valence-corrected chi connectivity index (χ2v) is 7.08. The number of fused-ring (bicyclic) bond motifs is 1. The maximum Gasteiger partial charge on any atom is 0.231 e. The fourth-order valence-corrected chi connectivity index (χ4v) is 3.46. The lowest BCUT2D eigenvalue weighted by molar-refractivity contribution is -0.117. The van der Waals surface area contributed by atoms with Crippen LogP contribution in [0, 0.1) is 0 Å². The van der Waals surface area contributed by atoms with Gasteiger partial charge >= 0.3 is 0 Å². The van der Waals surface area contributed by atoms with Gasteiger partial charge in [0, 0.05) is 12.2 Å². The number of nitrogens with one attached hydrogen (secondary N) is 1. The number of hydrogen-bond acceptors (Lipinski definition) is 2. The van der Waals surface area contributed by atoms with Crippen molar-refractivity contribution in [3.63, 3.8) is 0 Å². The van der Waals surface area contributed by atoms with Crippen LogP contribution in [0.15, 0.2) is 60.7 Å². The third-order valence-corrected chi connectivity index (χ3v) is 5.15. The van der Waals surface area contributed by atoms with Crippen LogP contribution in [-0.2, 0) is 17.8 Å². The van der Waals surface area contributed by atoms with E-state index < -0.39 is 0 Å². The molecule has 140 valence electrons. The maximum atomic E-state index is 13.0. The standard InChI is InChI=1S/C24H28N2O/c1-3-4-8-20-14-13-18(16-25)15-23(20)26-24(27)17(2)21-12-7-10-19-9-5-6-11-22(19)21/h5-7,9-15,17H,3-4,8,16,25H2,1-2H3,(H,26,27). The number of anilines is 1. The van der Waals surface area contributed by atoms with Gasteiger partial charge in [-0.25, -0.2) is 0 Å². The average Bonchev–Trinajstić information content (AvgIpc) is 2.71. The van der Waals surface area contributed by atoms with Gasteiger partial charge in [0.2, 0.25) is 5.91 Å². The molecule has 0 fully saturated rings. The first-order valence-corrected chi connectivity index (χ1v) is 9.74. The Labute approximate surface area is 161 Å². The highest BCUT2D eigenvalue weighted by atomic mass is 16.1. The molecule has 1 atom stereocenters. The summed E-state index contributed by atoms with van der Waals surface area (Å²) in [6.45, 7) is 4.61. The van der Waals surface area contributed by atoms with Crippen molar-refractivity contribution in [3.8, 4) is 0 Å². The monoisotopic (exact) mass is 360 g/mol. The molecule has 0 aromatic heterocycles. The molecule has 3 rings (SSSR count). The SMILES string of the molecule is CCCCc1ccc(CN)cc1NC(=O)C(C)c1cccc2ccccc12. The van der Waals surface area contributed by atoms with E-state index in [1.165, 1.54) is 5.56 Å².